The molecule has 6 heteroatoms. The van der Waals surface area contributed by atoms with E-state index in [1.807, 2.05) is 0 Å². The normalized spacial score (nSPS) is 42.7. The zero-order chi connectivity index (χ0) is 13.7. The van der Waals surface area contributed by atoms with Gasteiger partial charge in [0.25, 0.3) is 0 Å². The third kappa shape index (κ3) is 1.81. The fourth-order valence-corrected chi connectivity index (χ4v) is 4.02. The van der Waals surface area contributed by atoms with E-state index >= 15 is 0 Å². The van der Waals surface area contributed by atoms with Gasteiger partial charge in [0.2, 0.25) is 0 Å². The molecule has 1 aliphatic heterocycles. The van der Waals surface area contributed by atoms with E-state index in [1.54, 1.807) is 0 Å². The van der Waals surface area contributed by atoms with Crippen LogP contribution in [0.25, 0.3) is 0 Å². The van der Waals surface area contributed by atoms with Gasteiger partial charge in [-0.25, -0.2) is 0 Å². The molecule has 0 aromatic rings. The first kappa shape index (κ1) is 12.4. The first-order valence-corrected chi connectivity index (χ1v) is 6.50. The zero-order valence-electron chi connectivity index (χ0n) is 10.8. The first-order chi connectivity index (χ1) is 8.99. The van der Waals surface area contributed by atoms with Crippen LogP contribution in [0.1, 0.15) is 20.3 Å². The summed E-state index contributed by atoms with van der Waals surface area (Å²) in [7, 11) is 0. The minimum Gasteiger partial charge on any atom is -0.465 e. The summed E-state index contributed by atoms with van der Waals surface area (Å²) in [5, 5.41) is 0. The molecule has 6 nitrogen and oxygen atoms in total. The van der Waals surface area contributed by atoms with Gasteiger partial charge in [-0.05, 0) is 6.42 Å². The molecule has 2 aliphatic carbocycles. The van der Waals surface area contributed by atoms with Gasteiger partial charge in [-0.1, -0.05) is 0 Å². The monoisotopic (exact) mass is 268 g/mol. The molecule has 0 N–H and O–H groups in total. The molecule has 3 aliphatic rings. The lowest BCUT2D eigenvalue weighted by molar-refractivity contribution is -0.155. The number of fused-ring (bicyclic) bond motifs is 5. The van der Waals surface area contributed by atoms with Crippen molar-refractivity contribution in [2.45, 2.75) is 32.5 Å². The Hall–Kier alpha value is -1.59. The van der Waals surface area contributed by atoms with E-state index in [1.165, 1.54) is 13.8 Å². The quantitative estimate of drug-likeness (QED) is 0.529. The van der Waals surface area contributed by atoms with Gasteiger partial charge >= 0.3 is 17.9 Å². The zero-order valence-corrected chi connectivity index (χ0v) is 10.8. The van der Waals surface area contributed by atoms with Crippen molar-refractivity contribution >= 4 is 17.9 Å². The SMILES string of the molecule is CC(=O)O[C@@H]1[C@H]2C[C@H](OC(C)=O)[C@@H]1[C@@H]1COC(=O)[C@H]21. The van der Waals surface area contributed by atoms with E-state index in [2.05, 4.69) is 0 Å². The van der Waals surface area contributed by atoms with Crippen molar-refractivity contribution < 1.29 is 28.6 Å². The van der Waals surface area contributed by atoms with Crippen LogP contribution in [0.4, 0.5) is 0 Å². The number of hydrogen-bond donors (Lipinski definition) is 0. The van der Waals surface area contributed by atoms with Crippen LogP contribution in [0, 0.1) is 23.7 Å². The standard InChI is InChI=1S/C13H16O6/c1-5(14)18-9-3-7-10-8(4-17-13(10)16)11(9)12(7)19-6(2)15/h7-12H,3-4H2,1-2H3/t7-,8+,9-,10+,11-,12+/m0/s1. The molecule has 3 fully saturated rings. The van der Waals surface area contributed by atoms with Crippen molar-refractivity contribution in [1.29, 1.82) is 0 Å². The number of carbonyl (C=O) groups excluding carboxylic acids is 3. The van der Waals surface area contributed by atoms with E-state index in [0.29, 0.717) is 13.0 Å². The molecular formula is C13H16O6. The third-order valence-corrected chi connectivity index (χ3v) is 4.46. The van der Waals surface area contributed by atoms with Gasteiger partial charge in [0, 0.05) is 31.6 Å². The number of cyclic esters (lactones) is 1. The smallest absolute Gasteiger partial charge is 0.309 e. The molecule has 0 aromatic carbocycles. The molecule has 2 bridgehead atoms. The van der Waals surface area contributed by atoms with Crippen molar-refractivity contribution in [3.63, 3.8) is 0 Å². The lowest BCUT2D eigenvalue weighted by atomic mass is 9.80. The highest BCUT2D eigenvalue weighted by Crippen LogP contribution is 2.57. The van der Waals surface area contributed by atoms with Crippen LogP contribution in [0.5, 0.6) is 0 Å². The number of ether oxygens (including phenoxy) is 3. The molecule has 0 unspecified atom stereocenters. The average Bonchev–Trinajstić information content (AvgIpc) is 2.89. The highest BCUT2D eigenvalue weighted by molar-refractivity contribution is 5.77. The lowest BCUT2D eigenvalue weighted by Crippen LogP contribution is -2.35. The van der Waals surface area contributed by atoms with Gasteiger partial charge < -0.3 is 14.2 Å². The number of esters is 3. The second-order valence-electron chi connectivity index (χ2n) is 5.52. The predicted octanol–water partition coefficient (Wildman–Crippen LogP) is 0.289. The Labute approximate surface area is 110 Å². The number of carbonyl (C=O) groups is 3. The molecule has 1 heterocycles. The molecule has 19 heavy (non-hydrogen) atoms. The highest BCUT2D eigenvalue weighted by Gasteiger charge is 2.66. The van der Waals surface area contributed by atoms with Crippen LogP contribution in [-0.2, 0) is 28.6 Å². The van der Waals surface area contributed by atoms with Crippen LogP contribution in [-0.4, -0.2) is 36.7 Å². The largest absolute Gasteiger partial charge is 0.465 e. The maximum Gasteiger partial charge on any atom is 0.309 e. The lowest BCUT2D eigenvalue weighted by Gasteiger charge is -2.27. The summed E-state index contributed by atoms with van der Waals surface area (Å²) in [6.07, 6.45) is -0.0364. The molecular weight excluding hydrogens is 252 g/mol. The van der Waals surface area contributed by atoms with E-state index in [4.69, 9.17) is 14.2 Å². The van der Waals surface area contributed by atoms with Gasteiger partial charge in [-0.2, -0.15) is 0 Å². The highest BCUT2D eigenvalue weighted by atomic mass is 16.6. The van der Waals surface area contributed by atoms with Crippen molar-refractivity contribution in [3.05, 3.63) is 0 Å². The fraction of sp³-hybridized carbons (Fsp3) is 0.769. The average molecular weight is 268 g/mol. The summed E-state index contributed by atoms with van der Waals surface area (Å²) < 4.78 is 15.7. The van der Waals surface area contributed by atoms with E-state index in [0.717, 1.165) is 0 Å². The molecule has 0 aromatic heterocycles. The molecule has 6 atom stereocenters. The molecule has 1 saturated heterocycles. The Balaban J connectivity index is 1.85. The Kier molecular flexibility index (Phi) is 2.76. The Morgan fingerprint density at radius 3 is 2.47 bits per heavy atom. The summed E-state index contributed by atoms with van der Waals surface area (Å²) in [6, 6.07) is 0. The van der Waals surface area contributed by atoms with Gasteiger partial charge in [0.1, 0.15) is 12.2 Å². The van der Waals surface area contributed by atoms with Gasteiger partial charge in [-0.15, -0.1) is 0 Å². The topological polar surface area (TPSA) is 78.9 Å². The van der Waals surface area contributed by atoms with E-state index < -0.39 is 0 Å². The van der Waals surface area contributed by atoms with Gasteiger partial charge in [0.15, 0.2) is 0 Å². The molecule has 104 valence electrons. The minimum absolute atomic E-state index is 0.0000463. The molecule has 0 amide bonds. The van der Waals surface area contributed by atoms with E-state index in [9.17, 15) is 14.4 Å². The summed E-state index contributed by atoms with van der Waals surface area (Å²) in [5.41, 5.74) is 0. The Morgan fingerprint density at radius 1 is 1.16 bits per heavy atom. The van der Waals surface area contributed by atoms with Crippen LogP contribution < -0.4 is 0 Å². The second kappa shape index (κ2) is 4.21. The molecule has 3 rings (SSSR count). The molecule has 2 saturated carbocycles. The maximum atomic E-state index is 11.7. The number of hydrogen-bond acceptors (Lipinski definition) is 6. The summed E-state index contributed by atoms with van der Waals surface area (Å²) in [6.45, 7) is 3.05. The minimum atomic E-state index is -0.364. The third-order valence-electron chi connectivity index (χ3n) is 4.46. The van der Waals surface area contributed by atoms with Crippen molar-refractivity contribution in [2.75, 3.05) is 6.61 Å². The van der Waals surface area contributed by atoms with Crippen molar-refractivity contribution in [1.82, 2.24) is 0 Å². The van der Waals surface area contributed by atoms with Crippen molar-refractivity contribution in [3.8, 4) is 0 Å². The van der Waals surface area contributed by atoms with Crippen LogP contribution >= 0.6 is 0 Å². The van der Waals surface area contributed by atoms with E-state index in [-0.39, 0.29) is 53.8 Å². The summed E-state index contributed by atoms with van der Waals surface area (Å²) in [4.78, 5) is 34.1. The summed E-state index contributed by atoms with van der Waals surface area (Å²) in [5.74, 6) is -1.33. The maximum absolute atomic E-state index is 11.7. The van der Waals surface area contributed by atoms with Crippen molar-refractivity contribution in [2.24, 2.45) is 23.7 Å². The van der Waals surface area contributed by atoms with Crippen LogP contribution in [0.3, 0.4) is 0 Å². The first-order valence-electron chi connectivity index (χ1n) is 6.50. The molecule has 0 spiro atoms. The van der Waals surface area contributed by atoms with Crippen LogP contribution in [0.2, 0.25) is 0 Å². The predicted molar refractivity (Wildman–Crippen MR) is 60.6 cm³/mol. The fourth-order valence-electron chi connectivity index (χ4n) is 4.02. The Morgan fingerprint density at radius 2 is 1.84 bits per heavy atom. The second-order valence-corrected chi connectivity index (χ2v) is 5.52. The van der Waals surface area contributed by atoms with Gasteiger partial charge in [0.05, 0.1) is 12.5 Å². The van der Waals surface area contributed by atoms with Crippen LogP contribution in [0.15, 0.2) is 0 Å². The summed E-state index contributed by atoms with van der Waals surface area (Å²) >= 11 is 0. The number of rotatable bonds is 2. The van der Waals surface area contributed by atoms with Gasteiger partial charge in [-0.3, -0.25) is 14.4 Å². The molecule has 0 radical (unpaired) electrons. The Bertz CT molecular complexity index is 444.